The van der Waals surface area contributed by atoms with Gasteiger partial charge in [-0.05, 0) is 165 Å². The zero-order valence-electron chi connectivity index (χ0n) is 60.9. The van der Waals surface area contributed by atoms with Crippen LogP contribution in [0.25, 0.3) is 0 Å². The molecule has 2 aliphatic heterocycles. The molecule has 89 heavy (non-hydrogen) atoms. The van der Waals surface area contributed by atoms with Crippen molar-refractivity contribution in [2.75, 3.05) is 91.8 Å². The first-order chi connectivity index (χ1) is 41.6. The number of likely N-dealkylation sites (tertiary alicyclic amines) is 1. The molecular formula is C70H139F4N13O2. The predicted molar refractivity (Wildman–Crippen MR) is 366 cm³/mol. The van der Waals surface area contributed by atoms with Crippen LogP contribution in [0.15, 0.2) is 0 Å². The fourth-order valence-corrected chi connectivity index (χ4v) is 8.05. The van der Waals surface area contributed by atoms with Crippen LogP contribution in [0.5, 0.6) is 0 Å². The Bertz CT molecular complexity index is 1720. The Morgan fingerprint density at radius 2 is 0.910 bits per heavy atom. The molecule has 0 aromatic carbocycles. The third-order valence-electron chi connectivity index (χ3n) is 13.6. The summed E-state index contributed by atoms with van der Waals surface area (Å²) < 4.78 is 53.1. The number of nitriles is 4. The van der Waals surface area contributed by atoms with Crippen molar-refractivity contribution in [3.63, 3.8) is 0 Å². The first kappa shape index (κ1) is 92.0. The lowest BCUT2D eigenvalue weighted by molar-refractivity contribution is -0.0929. The van der Waals surface area contributed by atoms with Gasteiger partial charge in [0, 0.05) is 75.3 Å². The van der Waals surface area contributed by atoms with Crippen molar-refractivity contribution in [1.29, 1.82) is 21.0 Å². The van der Waals surface area contributed by atoms with Crippen LogP contribution < -0.4 is 37.2 Å². The van der Waals surface area contributed by atoms with Crippen LogP contribution in [0.2, 0.25) is 0 Å². The molecule has 0 spiro atoms. The molecule has 0 aromatic heterocycles. The molecule has 0 radical (unpaired) electrons. The first-order valence-electron chi connectivity index (χ1n) is 34.4. The fourth-order valence-electron chi connectivity index (χ4n) is 8.05. The van der Waals surface area contributed by atoms with Crippen molar-refractivity contribution >= 4 is 6.09 Å². The minimum atomic E-state index is -2.38. The maximum Gasteiger partial charge on any atom is 0.410 e. The van der Waals surface area contributed by atoms with Gasteiger partial charge >= 0.3 is 6.09 Å². The molecule has 2 saturated heterocycles. The van der Waals surface area contributed by atoms with Crippen LogP contribution in [-0.2, 0) is 4.74 Å². The highest BCUT2D eigenvalue weighted by atomic mass is 19.3. The molecule has 3 saturated carbocycles. The number of halogens is 4. The minimum absolute atomic E-state index is 0.0275. The van der Waals surface area contributed by atoms with Gasteiger partial charge in [0.05, 0.1) is 62.2 Å². The monoisotopic (exact) mass is 1270 g/mol. The predicted octanol–water partition coefficient (Wildman–Crippen LogP) is 13.9. The Morgan fingerprint density at radius 3 is 1.19 bits per heavy atom. The van der Waals surface area contributed by atoms with E-state index < -0.39 is 12.1 Å². The van der Waals surface area contributed by atoms with Gasteiger partial charge in [-0.15, -0.1) is 0 Å². The minimum Gasteiger partial charge on any atom is -0.447 e. The molecule has 5 rings (SSSR count). The van der Waals surface area contributed by atoms with Crippen LogP contribution in [0.4, 0.5) is 22.4 Å². The van der Waals surface area contributed by atoms with Crippen molar-refractivity contribution in [3.8, 4) is 24.3 Å². The van der Waals surface area contributed by atoms with E-state index >= 15 is 0 Å². The molecule has 5 aliphatic rings. The summed E-state index contributed by atoms with van der Waals surface area (Å²) >= 11 is 0. The van der Waals surface area contributed by atoms with Gasteiger partial charge in [0.1, 0.15) is 12.8 Å². The number of nitrogens with one attached hydrogen (secondary N) is 7. The number of hydrogen-bond donors (Lipinski definition) is 7. The SMILES string of the molecule is CC(C)CN1C(=O)OC[C@@H]1C.CC(C)CN1CC(C#N)C1.CC(C)CNC(C)CC#N.CC(C)CNC1CC(F)(F)C1.CC(C)CNC1CC(F)C1.CC(C)CNC1CC1.CC(C)CNCCCF.CC(C)CN[C@@H](C)CC#N.CC(C)CN[C@H](C)CC#N. The summed E-state index contributed by atoms with van der Waals surface area (Å²) in [6, 6.07) is 11.3. The molecule has 4 atom stereocenters. The van der Waals surface area contributed by atoms with E-state index in [0.717, 1.165) is 103 Å². The Hall–Kier alpha value is -3.37. The van der Waals surface area contributed by atoms with Gasteiger partial charge in [-0.25, -0.2) is 18.0 Å². The third-order valence-corrected chi connectivity index (χ3v) is 13.6. The van der Waals surface area contributed by atoms with E-state index in [1.165, 1.54) is 19.4 Å². The topological polar surface area (TPSA) is 212 Å². The molecule has 2 heterocycles. The second-order valence-electron chi connectivity index (χ2n) is 29.2. The molecular weight excluding hydrogens is 1130 g/mol. The molecule has 1 amide bonds. The van der Waals surface area contributed by atoms with Gasteiger partial charge < -0.3 is 51.8 Å². The summed E-state index contributed by atoms with van der Waals surface area (Å²) in [6.45, 7) is 59.1. The number of hydrogen-bond acceptors (Lipinski definition) is 14. The molecule has 5 fully saturated rings. The van der Waals surface area contributed by atoms with Crippen molar-refractivity contribution in [1.82, 2.24) is 47.0 Å². The largest absolute Gasteiger partial charge is 0.447 e. The first-order valence-corrected chi connectivity index (χ1v) is 34.4. The maximum absolute atomic E-state index is 12.3. The summed E-state index contributed by atoms with van der Waals surface area (Å²) in [5.74, 6) is 3.90. The van der Waals surface area contributed by atoms with Crippen LogP contribution in [-0.4, -0.2) is 162 Å². The van der Waals surface area contributed by atoms with Gasteiger partial charge in [-0.1, -0.05) is 125 Å². The second-order valence-corrected chi connectivity index (χ2v) is 29.2. The van der Waals surface area contributed by atoms with Crippen LogP contribution >= 0.6 is 0 Å². The van der Waals surface area contributed by atoms with Crippen LogP contribution in [0, 0.1) is 105 Å². The van der Waals surface area contributed by atoms with Crippen molar-refractivity contribution < 1.29 is 27.1 Å². The molecule has 19 heteroatoms. The van der Waals surface area contributed by atoms with Gasteiger partial charge in [0.2, 0.25) is 0 Å². The molecule has 7 N–H and O–H groups in total. The Labute approximate surface area is 545 Å². The lowest BCUT2D eigenvalue weighted by Crippen LogP contribution is -2.49. The number of ether oxygens (including phenoxy) is 1. The number of nitrogens with zero attached hydrogens (tertiary/aromatic N) is 6. The molecule has 524 valence electrons. The molecule has 0 aromatic rings. The highest BCUT2D eigenvalue weighted by molar-refractivity contribution is 5.69. The number of carbonyl (C=O) groups is 1. The van der Waals surface area contributed by atoms with Gasteiger partial charge in [0.15, 0.2) is 0 Å². The van der Waals surface area contributed by atoms with E-state index in [9.17, 15) is 22.4 Å². The highest BCUT2D eigenvalue weighted by Crippen LogP contribution is 2.37. The third kappa shape index (κ3) is 65.9. The summed E-state index contributed by atoms with van der Waals surface area (Å²) in [4.78, 5) is 15.1. The van der Waals surface area contributed by atoms with Gasteiger partial charge in [-0.2, -0.15) is 21.0 Å². The normalized spacial score (nSPS) is 19.2. The van der Waals surface area contributed by atoms with E-state index in [-0.39, 0.29) is 37.7 Å². The molecule has 1 unspecified atom stereocenters. The summed E-state index contributed by atoms with van der Waals surface area (Å²) in [5.41, 5.74) is 0. The van der Waals surface area contributed by atoms with E-state index in [4.69, 9.17) is 25.8 Å². The van der Waals surface area contributed by atoms with Gasteiger partial charge in [-0.3, -0.25) is 4.39 Å². The summed E-state index contributed by atoms with van der Waals surface area (Å²) in [5, 5.41) is 56.2. The average molecular weight is 1270 g/mol. The average Bonchev–Trinajstić information content (AvgIpc) is 2.09. The fraction of sp³-hybridized carbons (Fsp3) is 0.929. The number of carbonyl (C=O) groups excluding carboxylic acids is 1. The zero-order chi connectivity index (χ0) is 69.1. The van der Waals surface area contributed by atoms with Crippen molar-refractivity contribution in [2.24, 2.45) is 59.2 Å². The Kier molecular flexibility index (Phi) is 59.3. The van der Waals surface area contributed by atoms with Crippen LogP contribution in [0.1, 0.15) is 217 Å². The standard InChI is InChI=1S/C8H15F2N.C8H16FN.C8H14N2.3C8H16N2.C8H15NO2.C7H16FN.C7H15N/c1-6(2)5-11-7-3-8(9,10)4-7;1-6(2)5-10-8-3-7(9)4-8;1-7(2)4-10-5-8(3-9)6-10;3*1-7(2)6-10-8(3)4-5-9;1-6(2)4-9-7(3)5-11-8(9)10;1-7(2)6-9-5-3-4-8;1-6(2)5-8-7-3-4-7/h6-7,11H,3-5H2,1-2H3;6-8,10H,3-5H2,1-2H3;7-8H,4-6H2,1-2H3;3*7-8,10H,4,6H2,1-3H3;6-7H,4-5H2,1-3H3;7,9H,3-6H2,1-2H3;6-8H,3-5H2,1-2H3/t;;;2*8-;;7-;;/m...10.0../s1. The molecule has 3 aliphatic carbocycles. The van der Waals surface area contributed by atoms with E-state index in [0.29, 0.717) is 104 Å². The quantitative estimate of drug-likeness (QED) is 0.0264. The van der Waals surface area contributed by atoms with Crippen molar-refractivity contribution in [3.05, 3.63) is 0 Å². The van der Waals surface area contributed by atoms with Crippen LogP contribution in [0.3, 0.4) is 0 Å². The highest BCUT2D eigenvalue weighted by Gasteiger charge is 2.45. The number of alkyl halides is 4. The molecule has 15 nitrogen and oxygen atoms in total. The lowest BCUT2D eigenvalue weighted by atomic mass is 9.88. The summed E-state index contributed by atoms with van der Waals surface area (Å²) in [7, 11) is 0. The van der Waals surface area contributed by atoms with E-state index in [1.807, 2.05) is 27.7 Å². The number of rotatable bonds is 30. The van der Waals surface area contributed by atoms with E-state index in [1.54, 1.807) is 4.90 Å². The number of cyclic esters (lactones) is 1. The smallest absolute Gasteiger partial charge is 0.410 e. The zero-order valence-corrected chi connectivity index (χ0v) is 60.9. The van der Waals surface area contributed by atoms with Crippen molar-refractivity contribution in [2.45, 2.75) is 271 Å². The Morgan fingerprint density at radius 1 is 0.539 bits per heavy atom. The van der Waals surface area contributed by atoms with E-state index in [2.05, 4.69) is 191 Å². The second kappa shape index (κ2) is 57.3. The lowest BCUT2D eigenvalue weighted by Gasteiger charge is -2.36. The Balaban J connectivity index is -0.000000457. The van der Waals surface area contributed by atoms with Gasteiger partial charge in [0.25, 0.3) is 5.92 Å². The molecule has 0 bridgehead atoms. The summed E-state index contributed by atoms with van der Waals surface area (Å²) in [6.07, 6.45) is 6.10. The maximum atomic E-state index is 12.3. The number of amides is 1.